The molecule has 0 spiro atoms. The van der Waals surface area contributed by atoms with Crippen LogP contribution in [0, 0.1) is 6.92 Å². The average molecular weight is 361 g/mol. The molecule has 138 valence electrons. The lowest BCUT2D eigenvalue weighted by molar-refractivity contribution is 0.102. The minimum Gasteiger partial charge on any atom is -0.496 e. The van der Waals surface area contributed by atoms with E-state index in [0.29, 0.717) is 17.0 Å². The minimum atomic E-state index is -0.234. The maximum Gasteiger partial charge on any atom is 0.259 e. The first-order valence-electron chi connectivity index (χ1n) is 8.88. The molecule has 0 aliphatic heterocycles. The third-order valence-electron chi connectivity index (χ3n) is 4.37. The van der Waals surface area contributed by atoms with Crippen molar-refractivity contribution in [2.75, 3.05) is 17.7 Å². The summed E-state index contributed by atoms with van der Waals surface area (Å²) in [5, 5.41) is 6.23. The van der Waals surface area contributed by atoms with Crippen LogP contribution >= 0.6 is 0 Å². The molecule has 2 N–H and O–H groups in total. The highest BCUT2D eigenvalue weighted by Crippen LogP contribution is 2.25. The Morgan fingerprint density at radius 2 is 1.89 bits per heavy atom. The fraction of sp³-hybridized carbons (Fsp3) is 0.182. The molecule has 1 heterocycles. The third-order valence-corrected chi connectivity index (χ3v) is 4.37. The lowest BCUT2D eigenvalue weighted by Gasteiger charge is -2.14. The molecule has 3 aromatic rings. The van der Waals surface area contributed by atoms with Crippen LogP contribution in [0.3, 0.4) is 0 Å². The number of hydrogen-bond acceptors (Lipinski definition) is 4. The number of nitrogens with zero attached hydrogens (tertiary/aromatic N) is 1. The topological polar surface area (TPSA) is 63.2 Å². The molecular formula is C22H23N3O2. The number of amides is 1. The molecule has 0 aliphatic rings. The molecule has 0 aliphatic carbocycles. The van der Waals surface area contributed by atoms with Crippen molar-refractivity contribution in [3.05, 3.63) is 77.5 Å². The van der Waals surface area contributed by atoms with Gasteiger partial charge in [-0.25, -0.2) is 4.98 Å². The number of pyridine rings is 1. The molecular weight excluding hydrogens is 338 g/mol. The molecule has 0 atom stereocenters. The van der Waals surface area contributed by atoms with Crippen molar-refractivity contribution in [1.82, 2.24) is 4.98 Å². The first-order chi connectivity index (χ1) is 13.1. The molecule has 3 rings (SSSR count). The second-order valence-electron chi connectivity index (χ2n) is 6.17. The highest BCUT2D eigenvalue weighted by molar-refractivity contribution is 6.06. The Morgan fingerprint density at radius 3 is 2.59 bits per heavy atom. The first-order valence-corrected chi connectivity index (χ1v) is 8.88. The fourth-order valence-electron chi connectivity index (χ4n) is 2.90. The van der Waals surface area contributed by atoms with Crippen LogP contribution in [0.5, 0.6) is 5.75 Å². The molecule has 0 saturated heterocycles. The summed E-state index contributed by atoms with van der Waals surface area (Å²) < 4.78 is 5.24. The third kappa shape index (κ3) is 4.26. The highest BCUT2D eigenvalue weighted by Gasteiger charge is 2.12. The molecule has 1 amide bonds. The summed E-state index contributed by atoms with van der Waals surface area (Å²) in [6.07, 6.45) is 2.58. The maximum atomic E-state index is 12.5. The van der Waals surface area contributed by atoms with Gasteiger partial charge >= 0.3 is 0 Å². The number of para-hydroxylation sites is 2. The van der Waals surface area contributed by atoms with E-state index in [1.807, 2.05) is 18.2 Å². The van der Waals surface area contributed by atoms with Gasteiger partial charge in [0.05, 0.1) is 24.6 Å². The van der Waals surface area contributed by atoms with E-state index in [-0.39, 0.29) is 5.91 Å². The summed E-state index contributed by atoms with van der Waals surface area (Å²) in [6, 6.07) is 17.0. The number of hydrogen-bond donors (Lipinski definition) is 2. The van der Waals surface area contributed by atoms with E-state index in [2.05, 4.69) is 47.7 Å². The van der Waals surface area contributed by atoms with Crippen LogP contribution < -0.4 is 15.4 Å². The number of aromatic nitrogens is 1. The average Bonchev–Trinajstić information content (AvgIpc) is 2.70. The number of benzene rings is 2. The van der Waals surface area contributed by atoms with Gasteiger partial charge in [-0.15, -0.1) is 0 Å². The smallest absolute Gasteiger partial charge is 0.259 e. The van der Waals surface area contributed by atoms with Gasteiger partial charge in [0.15, 0.2) is 0 Å². The number of anilines is 3. The number of carbonyl (C=O) groups excluding carboxylic acids is 1. The van der Waals surface area contributed by atoms with Crippen LogP contribution in [0.2, 0.25) is 0 Å². The molecule has 5 heteroatoms. The van der Waals surface area contributed by atoms with Gasteiger partial charge in [0.1, 0.15) is 11.6 Å². The molecule has 0 saturated carbocycles. The number of carbonyl (C=O) groups is 1. The van der Waals surface area contributed by atoms with Gasteiger partial charge in [0.25, 0.3) is 5.91 Å². The molecule has 1 aromatic heterocycles. The second kappa shape index (κ2) is 8.36. The van der Waals surface area contributed by atoms with Crippen LogP contribution in [0.1, 0.15) is 28.4 Å². The predicted molar refractivity (Wildman–Crippen MR) is 109 cm³/mol. The van der Waals surface area contributed by atoms with E-state index in [1.54, 1.807) is 31.5 Å². The second-order valence-corrected chi connectivity index (χ2v) is 6.17. The van der Waals surface area contributed by atoms with Gasteiger partial charge in [-0.05, 0) is 48.7 Å². The quantitative estimate of drug-likeness (QED) is 0.651. The van der Waals surface area contributed by atoms with Crippen molar-refractivity contribution in [2.45, 2.75) is 20.3 Å². The van der Waals surface area contributed by atoms with Crippen LogP contribution in [0.15, 0.2) is 60.8 Å². The fourth-order valence-corrected chi connectivity index (χ4v) is 2.90. The van der Waals surface area contributed by atoms with Gasteiger partial charge < -0.3 is 15.4 Å². The van der Waals surface area contributed by atoms with E-state index in [9.17, 15) is 4.79 Å². The Hall–Kier alpha value is -3.34. The largest absolute Gasteiger partial charge is 0.496 e. The number of methoxy groups -OCH3 is 1. The minimum absolute atomic E-state index is 0.234. The normalized spacial score (nSPS) is 10.3. The van der Waals surface area contributed by atoms with Crippen molar-refractivity contribution in [3.8, 4) is 5.75 Å². The monoisotopic (exact) mass is 361 g/mol. The SMILES string of the molecule is CCc1cccc(C)c1Nc1ccc(NC(=O)c2ccccc2OC)cn1. The summed E-state index contributed by atoms with van der Waals surface area (Å²) in [6.45, 7) is 4.20. The number of ether oxygens (including phenoxy) is 1. The summed E-state index contributed by atoms with van der Waals surface area (Å²) in [5.74, 6) is 1.03. The van der Waals surface area contributed by atoms with Crippen molar-refractivity contribution < 1.29 is 9.53 Å². The van der Waals surface area contributed by atoms with Crippen LogP contribution in [-0.2, 0) is 6.42 Å². The zero-order valence-corrected chi connectivity index (χ0v) is 15.7. The maximum absolute atomic E-state index is 12.5. The van der Waals surface area contributed by atoms with Gasteiger partial charge in [-0.3, -0.25) is 4.79 Å². The lowest BCUT2D eigenvalue weighted by Crippen LogP contribution is -2.13. The van der Waals surface area contributed by atoms with E-state index in [1.165, 1.54) is 11.1 Å². The molecule has 0 bridgehead atoms. The van der Waals surface area contributed by atoms with Crippen molar-refractivity contribution in [1.29, 1.82) is 0 Å². The lowest BCUT2D eigenvalue weighted by atomic mass is 10.1. The number of nitrogens with one attached hydrogen (secondary N) is 2. The van der Waals surface area contributed by atoms with Crippen LogP contribution in [0.25, 0.3) is 0 Å². The van der Waals surface area contributed by atoms with Crippen LogP contribution in [0.4, 0.5) is 17.2 Å². The highest BCUT2D eigenvalue weighted by atomic mass is 16.5. The predicted octanol–water partition coefficient (Wildman–Crippen LogP) is 4.96. The Labute approximate surface area is 159 Å². The molecule has 0 fully saturated rings. The Morgan fingerprint density at radius 1 is 1.07 bits per heavy atom. The van der Waals surface area contributed by atoms with E-state index in [0.717, 1.165) is 17.9 Å². The van der Waals surface area contributed by atoms with Crippen molar-refractivity contribution in [2.24, 2.45) is 0 Å². The standard InChI is InChI=1S/C22H23N3O2/c1-4-16-9-7-8-15(2)21(16)25-20-13-12-17(14-23-20)24-22(26)18-10-5-6-11-19(18)27-3/h5-14H,4H2,1-3H3,(H,23,25)(H,24,26). The van der Waals surface area contributed by atoms with Gasteiger partial charge in [0.2, 0.25) is 0 Å². The summed E-state index contributed by atoms with van der Waals surface area (Å²) in [4.78, 5) is 16.9. The summed E-state index contributed by atoms with van der Waals surface area (Å²) in [7, 11) is 1.55. The van der Waals surface area contributed by atoms with E-state index >= 15 is 0 Å². The van der Waals surface area contributed by atoms with Gasteiger partial charge in [0, 0.05) is 5.69 Å². The molecule has 2 aromatic carbocycles. The van der Waals surface area contributed by atoms with Gasteiger partial charge in [-0.2, -0.15) is 0 Å². The van der Waals surface area contributed by atoms with E-state index < -0.39 is 0 Å². The first kappa shape index (κ1) is 18.5. The molecule has 0 radical (unpaired) electrons. The van der Waals surface area contributed by atoms with E-state index in [4.69, 9.17) is 4.74 Å². The zero-order valence-electron chi connectivity index (χ0n) is 15.7. The molecule has 27 heavy (non-hydrogen) atoms. The Bertz CT molecular complexity index is 937. The number of aryl methyl sites for hydroxylation is 2. The molecule has 0 unspecified atom stereocenters. The van der Waals surface area contributed by atoms with Crippen molar-refractivity contribution >= 4 is 23.1 Å². The van der Waals surface area contributed by atoms with Crippen LogP contribution in [-0.4, -0.2) is 18.0 Å². The summed E-state index contributed by atoms with van der Waals surface area (Å²) in [5.41, 5.74) is 4.60. The van der Waals surface area contributed by atoms with Gasteiger partial charge in [-0.1, -0.05) is 37.3 Å². The molecule has 5 nitrogen and oxygen atoms in total. The van der Waals surface area contributed by atoms with Crippen molar-refractivity contribution in [3.63, 3.8) is 0 Å². The zero-order chi connectivity index (χ0) is 19.2. The number of rotatable bonds is 6. The Balaban J connectivity index is 1.74. The summed E-state index contributed by atoms with van der Waals surface area (Å²) >= 11 is 0. The Kier molecular flexibility index (Phi) is 5.71.